The Hall–Kier alpha value is -0.795. The van der Waals surface area contributed by atoms with Gasteiger partial charge in [-0.3, -0.25) is 0 Å². The Kier molecular flexibility index (Phi) is 1.68. The first-order valence-corrected chi connectivity index (χ1v) is 6.21. The van der Waals surface area contributed by atoms with Gasteiger partial charge in [-0.2, -0.15) is 0 Å². The molecule has 1 aromatic carbocycles. The van der Waals surface area contributed by atoms with Gasteiger partial charge in [-0.25, -0.2) is 0 Å². The third kappa shape index (κ3) is 0.963. The highest BCUT2D eigenvalue weighted by molar-refractivity contribution is 6.58. The van der Waals surface area contributed by atoms with Crippen molar-refractivity contribution in [2.75, 3.05) is 0 Å². The fourth-order valence-electron chi connectivity index (χ4n) is 4.41. The molecule has 4 unspecified atom stereocenters. The van der Waals surface area contributed by atoms with Crippen LogP contribution in [0.3, 0.4) is 0 Å². The zero-order valence-electron chi connectivity index (χ0n) is 9.08. The largest absolute Gasteiger partial charge is 0.488 e. The van der Waals surface area contributed by atoms with Crippen molar-refractivity contribution in [3.63, 3.8) is 0 Å². The number of benzene rings is 1. The lowest BCUT2D eigenvalue weighted by Gasteiger charge is -2.73. The van der Waals surface area contributed by atoms with Crippen molar-refractivity contribution >= 4 is 12.6 Å². The summed E-state index contributed by atoms with van der Waals surface area (Å²) in [4.78, 5) is 0. The minimum absolute atomic E-state index is 0.635. The lowest BCUT2D eigenvalue weighted by Crippen LogP contribution is -2.66. The Labute approximate surface area is 95.4 Å². The van der Waals surface area contributed by atoms with E-state index in [9.17, 15) is 10.0 Å². The van der Waals surface area contributed by atoms with Crippen molar-refractivity contribution in [3.05, 3.63) is 29.8 Å². The van der Waals surface area contributed by atoms with E-state index in [1.165, 1.54) is 18.4 Å². The molecule has 1 aromatic rings. The molecule has 5 atom stereocenters. The highest BCUT2D eigenvalue weighted by atomic mass is 16.4. The standard InChI is InChI=1S/C13H15BO2/c15-14(16)9-3-1-2-7(4-9)12-10-5-8-6-11(12)13(8)10/h1-4,8,10-13,15-16H,5-6H2/t8?,10-,11?,12?,13?/m0/s1. The van der Waals surface area contributed by atoms with Gasteiger partial charge < -0.3 is 10.0 Å². The van der Waals surface area contributed by atoms with E-state index in [2.05, 4.69) is 6.07 Å². The maximum Gasteiger partial charge on any atom is 0.488 e. The van der Waals surface area contributed by atoms with Crippen molar-refractivity contribution in [1.82, 2.24) is 0 Å². The van der Waals surface area contributed by atoms with E-state index >= 15 is 0 Å². The van der Waals surface area contributed by atoms with Gasteiger partial charge in [-0.05, 0) is 53.5 Å². The van der Waals surface area contributed by atoms with Gasteiger partial charge in [-0.15, -0.1) is 0 Å². The first-order valence-electron chi connectivity index (χ1n) is 6.21. The summed E-state index contributed by atoms with van der Waals surface area (Å²) in [6.07, 6.45) is 2.83. The summed E-state index contributed by atoms with van der Waals surface area (Å²) >= 11 is 0. The molecule has 0 heterocycles. The summed E-state index contributed by atoms with van der Waals surface area (Å²) in [6.45, 7) is 0. The Bertz CT molecular complexity index is 431. The Morgan fingerprint density at radius 1 is 1.12 bits per heavy atom. The fraction of sp³-hybridized carbons (Fsp3) is 0.538. The van der Waals surface area contributed by atoms with Crippen LogP contribution in [-0.4, -0.2) is 17.2 Å². The van der Waals surface area contributed by atoms with Gasteiger partial charge in [0.05, 0.1) is 0 Å². The van der Waals surface area contributed by atoms with Crippen LogP contribution in [0.5, 0.6) is 0 Å². The van der Waals surface area contributed by atoms with E-state index in [1.54, 1.807) is 6.07 Å². The zero-order valence-corrected chi connectivity index (χ0v) is 9.08. The average Bonchev–Trinajstić information content (AvgIpc) is 2.28. The molecule has 0 spiro atoms. The Balaban J connectivity index is 1.65. The lowest BCUT2D eigenvalue weighted by molar-refractivity contribution is -0.214. The molecule has 0 saturated heterocycles. The number of rotatable bonds is 2. The molecule has 3 saturated carbocycles. The highest BCUT2D eigenvalue weighted by Crippen LogP contribution is 2.75. The van der Waals surface area contributed by atoms with E-state index < -0.39 is 7.12 Å². The summed E-state index contributed by atoms with van der Waals surface area (Å²) in [5.74, 6) is 4.63. The van der Waals surface area contributed by atoms with Crippen molar-refractivity contribution < 1.29 is 10.0 Å². The molecule has 4 rings (SSSR count). The second-order valence-corrected chi connectivity index (χ2v) is 5.71. The van der Waals surface area contributed by atoms with Gasteiger partial charge in [0.2, 0.25) is 0 Å². The minimum Gasteiger partial charge on any atom is -0.423 e. The van der Waals surface area contributed by atoms with E-state index in [-0.39, 0.29) is 0 Å². The van der Waals surface area contributed by atoms with Gasteiger partial charge in [0.15, 0.2) is 0 Å². The molecule has 3 fully saturated rings. The predicted molar refractivity (Wildman–Crippen MR) is 62.2 cm³/mol. The van der Waals surface area contributed by atoms with E-state index in [0.717, 1.165) is 23.7 Å². The van der Waals surface area contributed by atoms with Gasteiger partial charge in [-0.1, -0.05) is 24.3 Å². The smallest absolute Gasteiger partial charge is 0.423 e. The molecule has 0 aliphatic heterocycles. The van der Waals surface area contributed by atoms with Crippen LogP contribution in [0.1, 0.15) is 24.3 Å². The van der Waals surface area contributed by atoms with Crippen LogP contribution in [0.2, 0.25) is 0 Å². The van der Waals surface area contributed by atoms with Crippen molar-refractivity contribution in [1.29, 1.82) is 0 Å². The van der Waals surface area contributed by atoms with Crippen LogP contribution in [0, 0.1) is 23.7 Å². The molecule has 2 nitrogen and oxygen atoms in total. The number of hydrogen-bond acceptors (Lipinski definition) is 2. The van der Waals surface area contributed by atoms with Gasteiger partial charge in [0.25, 0.3) is 0 Å². The van der Waals surface area contributed by atoms with E-state index in [0.29, 0.717) is 11.4 Å². The second-order valence-electron chi connectivity index (χ2n) is 5.71. The van der Waals surface area contributed by atoms with Crippen LogP contribution in [0.4, 0.5) is 0 Å². The maximum atomic E-state index is 9.18. The molecule has 0 aromatic heterocycles. The van der Waals surface area contributed by atoms with E-state index in [4.69, 9.17) is 0 Å². The molecule has 82 valence electrons. The average molecular weight is 214 g/mol. The summed E-state index contributed by atoms with van der Waals surface area (Å²) in [5, 5.41) is 18.4. The molecule has 0 radical (unpaired) electrons. The summed E-state index contributed by atoms with van der Waals surface area (Å²) in [6, 6.07) is 7.87. The van der Waals surface area contributed by atoms with Crippen molar-refractivity contribution in [2.45, 2.75) is 18.8 Å². The third-order valence-corrected chi connectivity index (χ3v) is 5.20. The van der Waals surface area contributed by atoms with Gasteiger partial charge in [0.1, 0.15) is 0 Å². The molecular weight excluding hydrogens is 199 g/mol. The monoisotopic (exact) mass is 214 g/mol. The van der Waals surface area contributed by atoms with Crippen LogP contribution in [0.15, 0.2) is 24.3 Å². The normalized spacial score (nSPS) is 42.5. The SMILES string of the molecule is OB(O)c1cccc(C2C3CC4C[C@@H]2C43)c1. The quantitative estimate of drug-likeness (QED) is 0.712. The zero-order chi connectivity index (χ0) is 10.9. The second kappa shape index (κ2) is 2.90. The molecule has 16 heavy (non-hydrogen) atoms. The molecule has 2 N–H and O–H groups in total. The van der Waals surface area contributed by atoms with E-state index in [1.807, 2.05) is 12.1 Å². The maximum absolute atomic E-state index is 9.18. The van der Waals surface area contributed by atoms with Crippen LogP contribution in [-0.2, 0) is 0 Å². The van der Waals surface area contributed by atoms with Gasteiger partial charge in [0, 0.05) is 0 Å². The summed E-state index contributed by atoms with van der Waals surface area (Å²) in [7, 11) is -1.33. The fourth-order valence-corrected chi connectivity index (χ4v) is 4.41. The van der Waals surface area contributed by atoms with Crippen LogP contribution >= 0.6 is 0 Å². The van der Waals surface area contributed by atoms with Crippen LogP contribution < -0.4 is 5.46 Å². The summed E-state index contributed by atoms with van der Waals surface area (Å²) in [5.41, 5.74) is 1.96. The number of hydrogen-bond donors (Lipinski definition) is 2. The predicted octanol–water partition coefficient (Wildman–Crippen LogP) is 0.736. The highest BCUT2D eigenvalue weighted by Gasteiger charge is 2.67. The first kappa shape index (κ1) is 9.26. The summed E-state index contributed by atoms with van der Waals surface area (Å²) < 4.78 is 0. The molecule has 3 aliphatic rings. The molecule has 0 bridgehead atoms. The van der Waals surface area contributed by atoms with Crippen molar-refractivity contribution in [2.24, 2.45) is 23.7 Å². The molecule has 3 aliphatic carbocycles. The Morgan fingerprint density at radius 3 is 2.44 bits per heavy atom. The van der Waals surface area contributed by atoms with Gasteiger partial charge >= 0.3 is 7.12 Å². The first-order chi connectivity index (χ1) is 7.75. The molecule has 0 amide bonds. The topological polar surface area (TPSA) is 40.5 Å². The lowest BCUT2D eigenvalue weighted by atomic mass is 9.31. The minimum atomic E-state index is -1.33. The third-order valence-electron chi connectivity index (χ3n) is 5.20. The Morgan fingerprint density at radius 2 is 1.88 bits per heavy atom. The molecule has 3 heteroatoms. The van der Waals surface area contributed by atoms with Crippen molar-refractivity contribution in [3.8, 4) is 0 Å². The molecular formula is C13H15BO2. The van der Waals surface area contributed by atoms with Crippen LogP contribution in [0.25, 0.3) is 0 Å².